The van der Waals surface area contributed by atoms with E-state index in [1.54, 1.807) is 13.0 Å². The Bertz CT molecular complexity index is 751. The number of aromatic carboxylic acids is 2. The van der Waals surface area contributed by atoms with Crippen LogP contribution in [0.3, 0.4) is 0 Å². The Kier molecular flexibility index (Phi) is 5.39. The molecule has 8 heteroatoms. The Morgan fingerprint density at radius 3 is 1.87 bits per heavy atom. The number of aryl methyl sites for hydroxylation is 1. The van der Waals surface area contributed by atoms with Crippen molar-refractivity contribution in [3.05, 3.63) is 47.0 Å². The van der Waals surface area contributed by atoms with Crippen LogP contribution in [0.2, 0.25) is 0 Å². The number of carbonyl (C=O) groups is 2. The molecule has 0 amide bonds. The lowest BCUT2D eigenvalue weighted by Crippen LogP contribution is -1.96. The van der Waals surface area contributed by atoms with Crippen molar-refractivity contribution in [1.29, 1.82) is 0 Å². The Morgan fingerprint density at radius 1 is 0.783 bits per heavy atom. The van der Waals surface area contributed by atoms with Crippen molar-refractivity contribution in [2.75, 3.05) is 0 Å². The highest BCUT2D eigenvalue weighted by atomic mass is 16.4. The lowest BCUT2D eigenvalue weighted by atomic mass is 10.1. The molecule has 0 bridgehead atoms. The zero-order valence-electron chi connectivity index (χ0n) is 11.9. The molecule has 0 saturated heterocycles. The van der Waals surface area contributed by atoms with Crippen LogP contribution in [0.15, 0.2) is 30.3 Å². The van der Waals surface area contributed by atoms with Crippen LogP contribution in [-0.2, 0) is 0 Å². The van der Waals surface area contributed by atoms with Gasteiger partial charge in [0.1, 0.15) is 11.3 Å². The summed E-state index contributed by atoms with van der Waals surface area (Å²) in [5, 5.41) is 52.6. The Morgan fingerprint density at radius 2 is 1.39 bits per heavy atom. The summed E-state index contributed by atoms with van der Waals surface area (Å²) < 4.78 is 0. The maximum atomic E-state index is 10.4. The van der Waals surface area contributed by atoms with Crippen molar-refractivity contribution in [1.82, 2.24) is 0 Å². The van der Waals surface area contributed by atoms with Crippen molar-refractivity contribution < 1.29 is 40.2 Å². The van der Waals surface area contributed by atoms with Crippen molar-refractivity contribution >= 4 is 11.9 Å². The molecule has 122 valence electrons. The maximum Gasteiger partial charge on any atom is 0.339 e. The first kappa shape index (κ1) is 17.6. The molecule has 0 aliphatic carbocycles. The van der Waals surface area contributed by atoms with Crippen molar-refractivity contribution in [3.63, 3.8) is 0 Å². The third kappa shape index (κ3) is 4.27. The molecule has 6 N–H and O–H groups in total. The van der Waals surface area contributed by atoms with Gasteiger partial charge in [0.05, 0.1) is 5.56 Å². The van der Waals surface area contributed by atoms with Gasteiger partial charge in [0.15, 0.2) is 11.5 Å². The summed E-state index contributed by atoms with van der Waals surface area (Å²) in [5.41, 5.74) is 0.327. The van der Waals surface area contributed by atoms with Crippen LogP contribution in [0.1, 0.15) is 26.3 Å². The predicted octanol–water partition coefficient (Wildman–Crippen LogP) is 1.90. The molecule has 2 aromatic carbocycles. The maximum absolute atomic E-state index is 10.4. The van der Waals surface area contributed by atoms with Gasteiger partial charge >= 0.3 is 11.9 Å². The summed E-state index contributed by atoms with van der Waals surface area (Å²) in [6.07, 6.45) is 0. The molecule has 0 spiro atoms. The van der Waals surface area contributed by atoms with Gasteiger partial charge in [-0.3, -0.25) is 0 Å². The fraction of sp³-hybridized carbons (Fsp3) is 0.0667. The summed E-state index contributed by atoms with van der Waals surface area (Å²) in [4.78, 5) is 20.7. The van der Waals surface area contributed by atoms with Gasteiger partial charge in [-0.05, 0) is 36.8 Å². The minimum absolute atomic E-state index is 0.0184. The van der Waals surface area contributed by atoms with Gasteiger partial charge in [-0.2, -0.15) is 0 Å². The van der Waals surface area contributed by atoms with Crippen LogP contribution in [0.25, 0.3) is 0 Å². The molecule has 0 heterocycles. The number of hydrogen-bond donors (Lipinski definition) is 6. The quantitative estimate of drug-likeness (QED) is 0.458. The van der Waals surface area contributed by atoms with Crippen molar-refractivity contribution in [3.8, 4) is 23.0 Å². The molecule has 0 unspecified atom stereocenters. The number of phenolic OH excluding ortho intramolecular Hbond substituents is 3. The van der Waals surface area contributed by atoms with Crippen LogP contribution in [0, 0.1) is 6.92 Å². The first-order chi connectivity index (χ1) is 10.6. The van der Waals surface area contributed by atoms with E-state index in [2.05, 4.69) is 0 Å². The smallest absolute Gasteiger partial charge is 0.339 e. The lowest BCUT2D eigenvalue weighted by molar-refractivity contribution is 0.0683. The summed E-state index contributed by atoms with van der Waals surface area (Å²) in [6, 6.07) is 6.24. The third-order valence-electron chi connectivity index (χ3n) is 2.82. The van der Waals surface area contributed by atoms with E-state index in [0.717, 1.165) is 12.1 Å². The molecule has 23 heavy (non-hydrogen) atoms. The number of carboxylic acids is 2. The van der Waals surface area contributed by atoms with Crippen molar-refractivity contribution in [2.45, 2.75) is 6.92 Å². The van der Waals surface area contributed by atoms with E-state index >= 15 is 0 Å². The van der Waals surface area contributed by atoms with Gasteiger partial charge in [-0.1, -0.05) is 6.07 Å². The molecular formula is C15H14O8. The first-order valence-corrected chi connectivity index (χ1v) is 6.15. The van der Waals surface area contributed by atoms with Crippen LogP contribution in [0.4, 0.5) is 0 Å². The van der Waals surface area contributed by atoms with Gasteiger partial charge < -0.3 is 30.6 Å². The molecule has 0 atom stereocenters. The van der Waals surface area contributed by atoms with Gasteiger partial charge in [0.25, 0.3) is 0 Å². The minimum atomic E-state index is -1.37. The van der Waals surface area contributed by atoms with Gasteiger partial charge in [0, 0.05) is 0 Å². The molecule has 0 aliphatic heterocycles. The lowest BCUT2D eigenvalue weighted by Gasteiger charge is -2.02. The summed E-state index contributed by atoms with van der Waals surface area (Å²) in [6.45, 7) is 1.71. The molecule has 2 rings (SSSR count). The number of phenols is 4. The van der Waals surface area contributed by atoms with E-state index in [1.165, 1.54) is 12.1 Å². The van der Waals surface area contributed by atoms with E-state index in [4.69, 9.17) is 30.6 Å². The van der Waals surface area contributed by atoms with E-state index < -0.39 is 34.8 Å². The van der Waals surface area contributed by atoms with Crippen LogP contribution >= 0.6 is 0 Å². The average molecular weight is 322 g/mol. The molecular weight excluding hydrogens is 308 g/mol. The monoisotopic (exact) mass is 322 g/mol. The van der Waals surface area contributed by atoms with Gasteiger partial charge in [0.2, 0.25) is 5.75 Å². The predicted molar refractivity (Wildman–Crippen MR) is 78.2 cm³/mol. The largest absolute Gasteiger partial charge is 0.508 e. The second-order valence-corrected chi connectivity index (χ2v) is 4.44. The zero-order valence-corrected chi connectivity index (χ0v) is 11.9. The Balaban J connectivity index is 0.000000231. The van der Waals surface area contributed by atoms with E-state index in [-0.39, 0.29) is 11.3 Å². The van der Waals surface area contributed by atoms with E-state index in [0.29, 0.717) is 5.56 Å². The standard InChI is InChI=1S/C8H8O3.C7H6O5/c1-5-2-3-6(8(10)11)4-7(5)9;8-4-2-1-3(7(11)12)5(9)6(4)10/h2-4,9H,1H3,(H,10,11);1-2,8-10H,(H,11,12). The van der Waals surface area contributed by atoms with Crippen molar-refractivity contribution in [2.24, 2.45) is 0 Å². The highest BCUT2D eigenvalue weighted by Gasteiger charge is 2.15. The van der Waals surface area contributed by atoms with Crippen LogP contribution in [-0.4, -0.2) is 42.6 Å². The summed E-state index contributed by atoms with van der Waals surface area (Å²) >= 11 is 0. The number of rotatable bonds is 2. The molecule has 0 saturated carbocycles. The third-order valence-corrected chi connectivity index (χ3v) is 2.82. The minimum Gasteiger partial charge on any atom is -0.508 e. The number of hydrogen-bond acceptors (Lipinski definition) is 6. The molecule has 0 radical (unpaired) electrons. The fourth-order valence-electron chi connectivity index (χ4n) is 1.48. The Hall–Kier alpha value is -3.42. The highest BCUT2D eigenvalue weighted by Crippen LogP contribution is 2.36. The topological polar surface area (TPSA) is 156 Å². The SMILES string of the molecule is Cc1ccc(C(=O)O)cc1O.O=C(O)c1ccc(O)c(O)c1O. The Labute approximate surface area is 130 Å². The number of carboxylic acid groups (broad SMARTS) is 2. The average Bonchev–Trinajstić information content (AvgIpc) is 2.48. The van der Waals surface area contributed by atoms with Gasteiger partial charge in [-0.15, -0.1) is 0 Å². The summed E-state index contributed by atoms with van der Waals surface area (Å²) in [5.74, 6) is -4.59. The zero-order chi connectivity index (χ0) is 17.7. The molecule has 2 aromatic rings. The van der Waals surface area contributed by atoms with E-state index in [1.807, 2.05) is 0 Å². The second-order valence-electron chi connectivity index (χ2n) is 4.44. The normalized spacial score (nSPS) is 9.61. The van der Waals surface area contributed by atoms with Gasteiger partial charge in [-0.25, -0.2) is 9.59 Å². The number of aromatic hydroxyl groups is 4. The second kappa shape index (κ2) is 7.03. The highest BCUT2D eigenvalue weighted by molar-refractivity contribution is 5.92. The van der Waals surface area contributed by atoms with Crippen LogP contribution < -0.4 is 0 Å². The summed E-state index contributed by atoms with van der Waals surface area (Å²) in [7, 11) is 0. The van der Waals surface area contributed by atoms with Crippen LogP contribution in [0.5, 0.6) is 23.0 Å². The van der Waals surface area contributed by atoms with E-state index in [9.17, 15) is 9.59 Å². The number of benzene rings is 2. The molecule has 0 aliphatic rings. The first-order valence-electron chi connectivity index (χ1n) is 6.15. The molecule has 0 aromatic heterocycles. The molecule has 8 nitrogen and oxygen atoms in total. The fourth-order valence-corrected chi connectivity index (χ4v) is 1.48. The molecule has 0 fully saturated rings.